The number of likely N-dealkylation sites (tertiary alicyclic amines) is 1. The maximum atomic E-state index is 13.2. The highest BCUT2D eigenvalue weighted by Crippen LogP contribution is 2.49. The molecule has 1 aliphatic carbocycles. The lowest BCUT2D eigenvalue weighted by Gasteiger charge is -2.21. The molecule has 32 heavy (non-hydrogen) atoms. The van der Waals surface area contributed by atoms with E-state index in [0.29, 0.717) is 17.9 Å². The van der Waals surface area contributed by atoms with Crippen molar-refractivity contribution in [2.45, 2.75) is 62.2 Å². The van der Waals surface area contributed by atoms with Crippen LogP contribution in [-0.2, 0) is 25.6 Å². The fourth-order valence-electron chi connectivity index (χ4n) is 4.15. The molecule has 0 aromatic heterocycles. The number of carbonyl (C=O) groups excluding carboxylic acids is 1. The van der Waals surface area contributed by atoms with Crippen molar-refractivity contribution in [1.82, 2.24) is 4.90 Å². The third kappa shape index (κ3) is 4.44. The average Bonchev–Trinajstić information content (AvgIpc) is 3.46. The number of nitrogens with one attached hydrogen (secondary N) is 1. The van der Waals surface area contributed by atoms with E-state index >= 15 is 0 Å². The zero-order valence-corrected chi connectivity index (χ0v) is 20.0. The number of nitrogens with zero attached hydrogens (tertiary/aromatic N) is 2. The van der Waals surface area contributed by atoms with E-state index in [9.17, 15) is 13.2 Å². The van der Waals surface area contributed by atoms with Crippen LogP contribution in [0.2, 0.25) is 0 Å². The van der Waals surface area contributed by atoms with Crippen LogP contribution >= 0.6 is 0 Å². The second-order valence-corrected chi connectivity index (χ2v) is 11.5. The first-order chi connectivity index (χ1) is 15.0. The van der Waals surface area contributed by atoms with Gasteiger partial charge >= 0.3 is 0 Å². The first-order valence-electron chi connectivity index (χ1n) is 11.1. The Kier molecular flexibility index (Phi) is 5.65. The largest absolute Gasteiger partial charge is 0.362 e. The van der Waals surface area contributed by atoms with Gasteiger partial charge in [-0.05, 0) is 54.0 Å². The Hall–Kier alpha value is -2.67. The number of anilines is 1. The molecular formula is C25H31N3O3S. The molecule has 4 rings (SSSR count). The zero-order valence-electron chi connectivity index (χ0n) is 19.2. The number of sulfonamides is 1. The second-order valence-electron chi connectivity index (χ2n) is 9.90. The lowest BCUT2D eigenvalue weighted by molar-refractivity contribution is -0.118. The topological polar surface area (TPSA) is 78.8 Å². The number of benzene rings is 2. The van der Waals surface area contributed by atoms with E-state index in [0.717, 1.165) is 31.4 Å². The fraction of sp³-hybridized carbons (Fsp3) is 0.440. The first-order valence-corrected chi connectivity index (χ1v) is 12.5. The summed E-state index contributed by atoms with van der Waals surface area (Å²) < 4.78 is 29.6. The normalized spacial score (nSPS) is 19.2. The van der Waals surface area contributed by atoms with Gasteiger partial charge in [0.2, 0.25) is 5.91 Å². The lowest BCUT2D eigenvalue weighted by atomic mass is 9.85. The van der Waals surface area contributed by atoms with E-state index < -0.39 is 15.4 Å². The van der Waals surface area contributed by atoms with E-state index in [4.69, 9.17) is 0 Å². The van der Waals surface area contributed by atoms with Crippen LogP contribution in [0.15, 0.2) is 57.8 Å². The van der Waals surface area contributed by atoms with Gasteiger partial charge in [-0.15, -0.1) is 4.40 Å². The van der Waals surface area contributed by atoms with Gasteiger partial charge in [0.25, 0.3) is 10.0 Å². The molecule has 170 valence electrons. The molecule has 2 fully saturated rings. The number of hydrogen-bond donors (Lipinski definition) is 1. The number of hydrogen-bond acceptors (Lipinski definition) is 3. The molecule has 0 bridgehead atoms. The molecule has 2 aliphatic rings. The predicted molar refractivity (Wildman–Crippen MR) is 128 cm³/mol. The maximum absolute atomic E-state index is 13.2. The SMILES string of the molecule is CN1CCC/C1=N\S(=O)(=O)c1cccc(NC(=O)C2(c3ccc(C(C)(C)C)cc3)CC2)c1. The Morgan fingerprint density at radius 1 is 1.09 bits per heavy atom. The molecular weight excluding hydrogens is 422 g/mol. The molecule has 1 aliphatic heterocycles. The van der Waals surface area contributed by atoms with E-state index in [1.165, 1.54) is 17.7 Å². The summed E-state index contributed by atoms with van der Waals surface area (Å²) in [4.78, 5) is 15.1. The average molecular weight is 454 g/mol. The summed E-state index contributed by atoms with van der Waals surface area (Å²) in [5, 5.41) is 2.94. The molecule has 0 radical (unpaired) electrons. The van der Waals surface area contributed by atoms with Crippen LogP contribution in [0.25, 0.3) is 0 Å². The minimum absolute atomic E-state index is 0.0556. The Bertz CT molecular complexity index is 1160. The Balaban J connectivity index is 1.53. The van der Waals surface area contributed by atoms with Gasteiger partial charge in [0.1, 0.15) is 5.84 Å². The van der Waals surface area contributed by atoms with E-state index in [1.54, 1.807) is 12.1 Å². The molecule has 2 aromatic rings. The predicted octanol–water partition coefficient (Wildman–Crippen LogP) is 4.47. The van der Waals surface area contributed by atoms with Gasteiger partial charge in [-0.3, -0.25) is 4.79 Å². The van der Waals surface area contributed by atoms with Crippen molar-refractivity contribution in [1.29, 1.82) is 0 Å². The van der Waals surface area contributed by atoms with Crippen molar-refractivity contribution in [2.24, 2.45) is 4.40 Å². The van der Waals surface area contributed by atoms with Gasteiger partial charge < -0.3 is 10.2 Å². The Labute approximate surface area is 190 Å². The van der Waals surface area contributed by atoms with E-state index in [2.05, 4.69) is 42.6 Å². The van der Waals surface area contributed by atoms with Gasteiger partial charge in [0.05, 0.1) is 10.3 Å². The maximum Gasteiger partial charge on any atom is 0.284 e. The highest BCUT2D eigenvalue weighted by molar-refractivity contribution is 7.90. The highest BCUT2D eigenvalue weighted by atomic mass is 32.2. The molecule has 6 nitrogen and oxygen atoms in total. The zero-order chi connectivity index (χ0) is 23.1. The molecule has 2 aromatic carbocycles. The fourth-order valence-corrected chi connectivity index (χ4v) is 5.29. The summed E-state index contributed by atoms with van der Waals surface area (Å²) in [5.41, 5.74) is 2.21. The van der Waals surface area contributed by atoms with Crippen LogP contribution in [0, 0.1) is 0 Å². The number of amides is 1. The van der Waals surface area contributed by atoms with Gasteiger partial charge in [-0.25, -0.2) is 0 Å². The minimum atomic E-state index is -3.83. The number of amidine groups is 1. The second kappa shape index (κ2) is 8.03. The summed E-state index contributed by atoms with van der Waals surface area (Å²) >= 11 is 0. The van der Waals surface area contributed by atoms with Crippen LogP contribution in [0.4, 0.5) is 5.69 Å². The molecule has 1 N–H and O–H groups in total. The van der Waals surface area contributed by atoms with Gasteiger partial charge in [0, 0.05) is 25.7 Å². The van der Waals surface area contributed by atoms with Crippen LogP contribution in [0.1, 0.15) is 57.6 Å². The smallest absolute Gasteiger partial charge is 0.284 e. The van der Waals surface area contributed by atoms with Gasteiger partial charge in [0.15, 0.2) is 0 Å². The summed E-state index contributed by atoms with van der Waals surface area (Å²) in [5.74, 6) is 0.479. The monoisotopic (exact) mass is 453 g/mol. The minimum Gasteiger partial charge on any atom is -0.362 e. The standard InChI is InChI=1S/C25H31N3O3S/c1-24(2,3)18-10-12-19(13-11-18)25(14-15-25)23(29)26-20-7-5-8-21(17-20)32(30,31)27-22-9-6-16-28(22)4/h5,7-8,10-13,17H,6,9,14-16H2,1-4H3,(H,26,29)/b27-22+. The molecule has 1 amide bonds. The Morgan fingerprint density at radius 2 is 1.78 bits per heavy atom. The van der Waals surface area contributed by atoms with Crippen LogP contribution in [0.5, 0.6) is 0 Å². The first kappa shape index (κ1) is 22.5. The molecule has 1 saturated heterocycles. The van der Waals surface area contributed by atoms with Gasteiger partial charge in [-0.1, -0.05) is 51.1 Å². The Morgan fingerprint density at radius 3 is 2.34 bits per heavy atom. The summed E-state index contributed by atoms with van der Waals surface area (Å²) in [6, 6.07) is 14.6. The third-order valence-corrected chi connectivity index (χ3v) is 7.74. The third-order valence-electron chi connectivity index (χ3n) is 6.44. The van der Waals surface area contributed by atoms with Crippen LogP contribution in [-0.4, -0.2) is 38.7 Å². The van der Waals surface area contributed by atoms with E-state index in [1.807, 2.05) is 24.1 Å². The van der Waals surface area contributed by atoms with Crippen molar-refractivity contribution in [3.8, 4) is 0 Å². The lowest BCUT2D eigenvalue weighted by Crippen LogP contribution is -2.28. The van der Waals surface area contributed by atoms with Crippen molar-refractivity contribution in [3.63, 3.8) is 0 Å². The quantitative estimate of drug-likeness (QED) is 0.725. The van der Waals surface area contributed by atoms with Crippen molar-refractivity contribution >= 4 is 27.5 Å². The number of carbonyl (C=O) groups is 1. The highest BCUT2D eigenvalue weighted by Gasteiger charge is 2.51. The van der Waals surface area contributed by atoms with E-state index in [-0.39, 0.29) is 16.2 Å². The molecule has 0 spiro atoms. The van der Waals surface area contributed by atoms with Crippen LogP contribution < -0.4 is 5.32 Å². The molecule has 0 atom stereocenters. The molecule has 1 heterocycles. The molecule has 1 saturated carbocycles. The van der Waals surface area contributed by atoms with Crippen LogP contribution in [0.3, 0.4) is 0 Å². The van der Waals surface area contributed by atoms with Crippen molar-refractivity contribution < 1.29 is 13.2 Å². The van der Waals surface area contributed by atoms with Crippen molar-refractivity contribution in [2.75, 3.05) is 18.9 Å². The molecule has 7 heteroatoms. The molecule has 0 unspecified atom stereocenters. The summed E-state index contributed by atoms with van der Waals surface area (Å²) in [6.07, 6.45) is 3.12. The number of rotatable bonds is 5. The summed E-state index contributed by atoms with van der Waals surface area (Å²) in [6.45, 7) is 7.30. The summed E-state index contributed by atoms with van der Waals surface area (Å²) in [7, 11) is -1.98. The van der Waals surface area contributed by atoms with Crippen molar-refractivity contribution in [3.05, 3.63) is 59.7 Å². The van der Waals surface area contributed by atoms with Gasteiger partial charge in [-0.2, -0.15) is 8.42 Å².